The van der Waals surface area contributed by atoms with Crippen LogP contribution in [0, 0.1) is 66.6 Å². The molecule has 8 fully saturated rings. The molecule has 8 aliphatic carbocycles. The van der Waals surface area contributed by atoms with Crippen molar-refractivity contribution in [3.8, 4) is 11.5 Å². The van der Waals surface area contributed by atoms with Crippen molar-refractivity contribution in [3.63, 3.8) is 0 Å². The number of rotatable bonds is 8. The van der Waals surface area contributed by atoms with Gasteiger partial charge >= 0.3 is 0 Å². The third-order valence-electron chi connectivity index (χ3n) is 15.5. The molecule has 8 saturated carbocycles. The van der Waals surface area contributed by atoms with Crippen LogP contribution in [-0.2, 0) is 40.5 Å². The van der Waals surface area contributed by atoms with E-state index in [4.69, 9.17) is 9.98 Å². The van der Waals surface area contributed by atoms with Crippen LogP contribution in [0.2, 0.25) is 0 Å². The van der Waals surface area contributed by atoms with Crippen LogP contribution in [0.5, 0.6) is 11.5 Å². The molecule has 3 aromatic rings. The summed E-state index contributed by atoms with van der Waals surface area (Å²) >= 11 is 0. The Morgan fingerprint density at radius 3 is 1.16 bits per heavy atom. The number of phenolic OH excluding ortho intramolecular Hbond substituents is 2. The molecule has 1 radical (unpaired) electrons. The molecule has 2 N–H and O–H groups in total. The maximum Gasteiger partial charge on any atom is 0.127 e. The van der Waals surface area contributed by atoms with Crippen molar-refractivity contribution in [1.29, 1.82) is 0 Å². The molecular weight excluding hydrogens is 732 g/mol. The maximum atomic E-state index is 11.8. The van der Waals surface area contributed by atoms with Crippen molar-refractivity contribution < 1.29 is 27.0 Å². The number of benzene rings is 3. The molecule has 0 aromatic heterocycles. The number of para-hydroxylation sites is 2. The van der Waals surface area contributed by atoms with Gasteiger partial charge in [0.25, 0.3) is 0 Å². The van der Waals surface area contributed by atoms with Crippen molar-refractivity contribution >= 4 is 23.8 Å². The average molecular weight is 799 g/mol. The molecule has 8 aliphatic rings. The Kier molecular flexibility index (Phi) is 11.6. The molecule has 0 saturated heterocycles. The summed E-state index contributed by atoms with van der Waals surface area (Å²) in [5.41, 5.74) is 7.63. The van der Waals surface area contributed by atoms with Crippen molar-refractivity contribution in [2.75, 3.05) is 0 Å². The largest absolute Gasteiger partial charge is 0.507 e. The van der Waals surface area contributed by atoms with E-state index in [1.165, 1.54) is 75.3 Å². The molecule has 0 aliphatic heterocycles. The van der Waals surface area contributed by atoms with Gasteiger partial charge in [-0.25, -0.2) is 0 Å². The first-order valence-electron chi connectivity index (χ1n) is 21.6. The van der Waals surface area contributed by atoms with Crippen molar-refractivity contribution in [3.05, 3.63) is 89.3 Å². The van der Waals surface area contributed by atoms with Gasteiger partial charge in [0.2, 0.25) is 0 Å². The van der Waals surface area contributed by atoms with Crippen LogP contribution in [0.3, 0.4) is 0 Å². The normalized spacial score (nSPS) is 31.6. The second kappa shape index (κ2) is 15.7. The third kappa shape index (κ3) is 8.07. The van der Waals surface area contributed by atoms with Crippen LogP contribution in [0.4, 0.5) is 11.4 Å². The quantitative estimate of drug-likeness (QED) is 0.176. The van der Waals surface area contributed by atoms with Gasteiger partial charge in [0.15, 0.2) is 0 Å². The minimum absolute atomic E-state index is 0. The summed E-state index contributed by atoms with van der Waals surface area (Å²) < 4.78 is 0. The molecule has 303 valence electrons. The van der Waals surface area contributed by atoms with Crippen LogP contribution < -0.4 is 0 Å². The Bertz CT molecular complexity index is 1770. The first-order valence-corrected chi connectivity index (χ1v) is 21.6. The Balaban J connectivity index is 0.00000240. The fourth-order valence-corrected chi connectivity index (χ4v) is 13.0. The van der Waals surface area contributed by atoms with E-state index in [0.717, 1.165) is 93.8 Å². The topological polar surface area (TPSA) is 65.2 Å². The zero-order valence-corrected chi connectivity index (χ0v) is 36.2. The Morgan fingerprint density at radius 1 is 0.536 bits per heavy atom. The Labute approximate surface area is 348 Å². The number of hydrogen-bond acceptors (Lipinski definition) is 4. The zero-order valence-electron chi connectivity index (χ0n) is 35.2. The van der Waals surface area contributed by atoms with Gasteiger partial charge in [0, 0.05) is 40.3 Å². The second-order valence-corrected chi connectivity index (χ2v) is 21.2. The molecule has 0 heterocycles. The minimum Gasteiger partial charge on any atom is -0.507 e. The SMILES string of the molecule is CC(C)(C)c1cc(C=Nc2ccccc2N=Cc2cc(C(C)(C)C)cc(CC3C4CC5CC(C4)CC3C5)c2O)c(O)c(CC2C3CC4CC(C3)CC2C4)c1.[CH3-].[Co]. The molecule has 8 bridgehead atoms. The number of aliphatic imine (C=N–C) groups is 2. The number of phenols is 2. The third-order valence-corrected chi connectivity index (χ3v) is 15.5. The molecule has 0 atom stereocenters. The molecule has 3 aromatic carbocycles. The van der Waals surface area contributed by atoms with Gasteiger partial charge in [0.05, 0.1) is 11.4 Å². The standard InChI is InChI=1S/C50H64N2O2.CH3.Co/c1-49(2,3)41-21-37(25-43-33-13-29-11-30(15-33)16-34(43)14-29)47(53)39(23-41)27-51-45-9-7-8-10-46(45)52-28-40-24-42(50(4,5)6)22-38(48(40)54)26-44-35-17-31-12-32(19-35)20-36(44)18-31;;/h7-10,21-24,27-36,43-44,53-54H,11-20,25-26H2,1-6H3;1H3;/q;-1;. The van der Waals surface area contributed by atoms with Crippen molar-refractivity contribution in [2.45, 2.75) is 129 Å². The Hall–Kier alpha value is -2.89. The van der Waals surface area contributed by atoms with Crippen molar-refractivity contribution in [1.82, 2.24) is 0 Å². The predicted molar refractivity (Wildman–Crippen MR) is 229 cm³/mol. The number of hydrogen-bond donors (Lipinski definition) is 2. The first kappa shape index (κ1) is 41.3. The molecule has 11 rings (SSSR count). The fraction of sp³-hybridized carbons (Fsp3) is 0.588. The minimum atomic E-state index is -0.0458. The van der Waals surface area contributed by atoms with Crippen LogP contribution in [0.15, 0.2) is 58.5 Å². The summed E-state index contributed by atoms with van der Waals surface area (Å²) in [5, 5.41) is 23.6. The predicted octanol–water partition coefficient (Wildman–Crippen LogP) is 12.9. The van der Waals surface area contributed by atoms with Gasteiger partial charge in [0.1, 0.15) is 11.5 Å². The van der Waals surface area contributed by atoms with Gasteiger partial charge in [-0.3, -0.25) is 9.98 Å². The summed E-state index contributed by atoms with van der Waals surface area (Å²) in [4.78, 5) is 9.98. The van der Waals surface area contributed by atoms with E-state index in [9.17, 15) is 10.2 Å². The zero-order chi connectivity index (χ0) is 37.5. The van der Waals surface area contributed by atoms with Gasteiger partial charge in [-0.1, -0.05) is 65.8 Å². The van der Waals surface area contributed by atoms with Crippen molar-refractivity contribution in [2.24, 2.45) is 69.2 Å². The molecule has 4 nitrogen and oxygen atoms in total. The van der Waals surface area contributed by atoms with E-state index in [2.05, 4.69) is 65.8 Å². The molecule has 0 amide bonds. The van der Waals surface area contributed by atoms with E-state index in [-0.39, 0.29) is 35.0 Å². The van der Waals surface area contributed by atoms with E-state index < -0.39 is 0 Å². The summed E-state index contributed by atoms with van der Waals surface area (Å²) in [6, 6.07) is 16.8. The van der Waals surface area contributed by atoms with Gasteiger partial charge in [-0.05, 0) is 194 Å². The van der Waals surface area contributed by atoms with Gasteiger partial charge < -0.3 is 17.6 Å². The van der Waals surface area contributed by atoms with E-state index in [1.54, 1.807) is 0 Å². The monoisotopic (exact) mass is 798 g/mol. The van der Waals surface area contributed by atoms with Crippen LogP contribution in [0.1, 0.15) is 139 Å². The average Bonchev–Trinajstić information content (AvgIpc) is 3.10. The van der Waals surface area contributed by atoms with E-state index >= 15 is 0 Å². The summed E-state index contributed by atoms with van der Waals surface area (Å²) in [6.45, 7) is 13.6. The van der Waals surface area contributed by atoms with E-state index in [0.29, 0.717) is 23.3 Å². The van der Waals surface area contributed by atoms with Crippen LogP contribution in [0.25, 0.3) is 0 Å². The summed E-state index contributed by atoms with van der Waals surface area (Å²) in [7, 11) is 0. The maximum absolute atomic E-state index is 11.8. The summed E-state index contributed by atoms with van der Waals surface area (Å²) in [5.74, 6) is 9.20. The fourth-order valence-electron chi connectivity index (χ4n) is 13.0. The first-order chi connectivity index (χ1) is 25.7. The Morgan fingerprint density at radius 2 is 0.857 bits per heavy atom. The van der Waals surface area contributed by atoms with E-state index in [1.807, 2.05) is 36.7 Å². The molecule has 5 heteroatoms. The van der Waals surface area contributed by atoms with Crippen LogP contribution >= 0.6 is 0 Å². The second-order valence-electron chi connectivity index (χ2n) is 21.2. The molecule has 56 heavy (non-hydrogen) atoms. The molecular formula is C51H67CoN2O2-. The number of aromatic hydroxyl groups is 2. The molecule has 0 unspecified atom stereocenters. The van der Waals surface area contributed by atoms with Gasteiger partial charge in [-0.2, -0.15) is 0 Å². The van der Waals surface area contributed by atoms with Crippen LogP contribution in [-0.4, -0.2) is 22.6 Å². The number of nitrogens with zero attached hydrogens (tertiary/aromatic N) is 2. The van der Waals surface area contributed by atoms with Gasteiger partial charge in [-0.15, -0.1) is 0 Å². The molecule has 0 spiro atoms. The summed E-state index contributed by atoms with van der Waals surface area (Å²) in [6.07, 6.45) is 19.7. The smallest absolute Gasteiger partial charge is 0.127 e.